The topological polar surface area (TPSA) is 85.4 Å². The Labute approximate surface area is 205 Å². The predicted octanol–water partition coefficient (Wildman–Crippen LogP) is 6.92. The second kappa shape index (κ2) is 15.7. The molecule has 0 spiro atoms. The van der Waals surface area contributed by atoms with E-state index < -0.39 is 15.9 Å². The molecular formula is C27H42N2O4S. The molecule has 1 heterocycles. The molecule has 0 saturated heterocycles. The van der Waals surface area contributed by atoms with Gasteiger partial charge in [0.05, 0.1) is 11.5 Å². The second-order valence-corrected chi connectivity index (χ2v) is 10.6. The Hall–Kier alpha value is -2.15. The molecule has 2 rings (SSSR count). The van der Waals surface area contributed by atoms with E-state index in [0.29, 0.717) is 29.7 Å². The van der Waals surface area contributed by atoms with Crippen molar-refractivity contribution in [2.45, 2.75) is 109 Å². The van der Waals surface area contributed by atoms with E-state index in [1.54, 1.807) is 24.4 Å². The smallest absolute Gasteiger partial charge is 0.264 e. The molecule has 1 N–H and O–H groups in total. The lowest BCUT2D eigenvalue weighted by Gasteiger charge is -2.12. The minimum Gasteiger partial charge on any atom is -0.492 e. The van der Waals surface area contributed by atoms with E-state index in [1.807, 2.05) is 6.92 Å². The molecule has 0 aliphatic heterocycles. The zero-order valence-corrected chi connectivity index (χ0v) is 21.8. The van der Waals surface area contributed by atoms with Crippen LogP contribution in [-0.2, 0) is 14.8 Å². The number of carbonyl (C=O) groups excluding carboxylic acids is 1. The zero-order chi connectivity index (χ0) is 24.7. The summed E-state index contributed by atoms with van der Waals surface area (Å²) in [7, 11) is -3.98. The predicted molar refractivity (Wildman–Crippen MR) is 139 cm³/mol. The van der Waals surface area contributed by atoms with Crippen LogP contribution in [0.1, 0.15) is 104 Å². The summed E-state index contributed by atoms with van der Waals surface area (Å²) in [6, 6.07) is 6.41. The standard InChI is InChI=1S/C27H42N2O4S/c1-3-5-6-7-8-9-10-11-12-13-14-15-16-19-26(30)29-34(31,32)25-21-20-24(33-4-2)27-23(25)18-17-22-28-27/h17-18,20-22H,3-16,19H2,1-2H3,(H,29,30). The molecule has 190 valence electrons. The number of amides is 1. The number of hydrogen-bond acceptors (Lipinski definition) is 5. The fourth-order valence-corrected chi connectivity index (χ4v) is 5.40. The van der Waals surface area contributed by atoms with Crippen molar-refractivity contribution >= 4 is 26.8 Å². The molecule has 0 bridgehead atoms. The largest absolute Gasteiger partial charge is 0.492 e. The average molecular weight is 491 g/mol. The number of unbranched alkanes of at least 4 members (excludes halogenated alkanes) is 12. The molecule has 0 fully saturated rings. The number of nitrogens with one attached hydrogen (secondary N) is 1. The first-order valence-corrected chi connectivity index (χ1v) is 14.5. The minimum absolute atomic E-state index is 0.0396. The van der Waals surface area contributed by atoms with Crippen LogP contribution in [-0.4, -0.2) is 25.9 Å². The summed E-state index contributed by atoms with van der Waals surface area (Å²) in [6.45, 7) is 4.56. The van der Waals surface area contributed by atoms with E-state index in [0.717, 1.165) is 12.8 Å². The highest BCUT2D eigenvalue weighted by Crippen LogP contribution is 2.29. The molecule has 7 heteroatoms. The minimum atomic E-state index is -3.98. The van der Waals surface area contributed by atoms with Crippen molar-refractivity contribution in [1.29, 1.82) is 0 Å². The van der Waals surface area contributed by atoms with Crippen molar-refractivity contribution in [3.63, 3.8) is 0 Å². The molecular weight excluding hydrogens is 448 g/mol. The van der Waals surface area contributed by atoms with Crippen LogP contribution in [0.15, 0.2) is 35.4 Å². The van der Waals surface area contributed by atoms with E-state index in [4.69, 9.17) is 4.74 Å². The quantitative estimate of drug-likeness (QED) is 0.229. The van der Waals surface area contributed by atoms with Crippen LogP contribution < -0.4 is 9.46 Å². The molecule has 0 aliphatic rings. The Balaban J connectivity index is 1.68. The normalized spacial score (nSPS) is 11.6. The third kappa shape index (κ3) is 9.61. The lowest BCUT2D eigenvalue weighted by Crippen LogP contribution is -2.30. The maximum atomic E-state index is 12.9. The third-order valence-electron chi connectivity index (χ3n) is 6.04. The van der Waals surface area contributed by atoms with Crippen LogP contribution in [0.4, 0.5) is 0 Å². The third-order valence-corrected chi connectivity index (χ3v) is 7.47. The molecule has 6 nitrogen and oxygen atoms in total. The molecule has 0 radical (unpaired) electrons. The number of fused-ring (bicyclic) bond motifs is 1. The van der Waals surface area contributed by atoms with Gasteiger partial charge < -0.3 is 4.74 Å². The number of benzene rings is 1. The molecule has 1 amide bonds. The SMILES string of the molecule is CCCCCCCCCCCCCCCC(=O)NS(=O)(=O)c1ccc(OCC)c2ncccc12. The number of sulfonamides is 1. The number of hydrogen-bond donors (Lipinski definition) is 1. The van der Waals surface area contributed by atoms with Gasteiger partial charge in [0.25, 0.3) is 10.0 Å². The summed E-state index contributed by atoms with van der Waals surface area (Å²) < 4.78 is 33.5. The summed E-state index contributed by atoms with van der Waals surface area (Å²) in [5.41, 5.74) is 0.469. The lowest BCUT2D eigenvalue weighted by molar-refractivity contribution is -0.119. The van der Waals surface area contributed by atoms with Gasteiger partial charge in [-0.2, -0.15) is 0 Å². The highest BCUT2D eigenvalue weighted by Gasteiger charge is 2.22. The van der Waals surface area contributed by atoms with Crippen molar-refractivity contribution in [3.8, 4) is 5.75 Å². The van der Waals surface area contributed by atoms with Gasteiger partial charge in [0.1, 0.15) is 11.3 Å². The van der Waals surface area contributed by atoms with Gasteiger partial charge in [-0.25, -0.2) is 13.1 Å². The average Bonchev–Trinajstić information content (AvgIpc) is 2.82. The van der Waals surface area contributed by atoms with Crippen LogP contribution >= 0.6 is 0 Å². The maximum Gasteiger partial charge on any atom is 0.264 e. The summed E-state index contributed by atoms with van der Waals surface area (Å²) in [5, 5.41) is 0.440. The molecule has 0 atom stereocenters. The van der Waals surface area contributed by atoms with Gasteiger partial charge >= 0.3 is 0 Å². The van der Waals surface area contributed by atoms with Gasteiger partial charge in [0.2, 0.25) is 5.91 Å². The van der Waals surface area contributed by atoms with Crippen molar-refractivity contribution in [2.24, 2.45) is 0 Å². The fourth-order valence-electron chi connectivity index (χ4n) is 4.19. The Morgan fingerprint density at radius 2 is 1.44 bits per heavy atom. The van der Waals surface area contributed by atoms with Crippen molar-refractivity contribution in [1.82, 2.24) is 9.71 Å². The van der Waals surface area contributed by atoms with E-state index in [2.05, 4.69) is 16.6 Å². The number of carbonyl (C=O) groups is 1. The lowest BCUT2D eigenvalue weighted by atomic mass is 10.0. The summed E-state index contributed by atoms with van der Waals surface area (Å²) in [6.07, 6.45) is 17.7. The van der Waals surface area contributed by atoms with E-state index in [-0.39, 0.29) is 11.3 Å². The monoisotopic (exact) mass is 490 g/mol. The van der Waals surface area contributed by atoms with E-state index in [1.165, 1.54) is 70.3 Å². The molecule has 34 heavy (non-hydrogen) atoms. The molecule has 0 saturated carbocycles. The van der Waals surface area contributed by atoms with Gasteiger partial charge in [-0.1, -0.05) is 84.0 Å². The van der Waals surface area contributed by atoms with Gasteiger partial charge in [-0.3, -0.25) is 9.78 Å². The molecule has 1 aromatic carbocycles. The van der Waals surface area contributed by atoms with Gasteiger partial charge in [0.15, 0.2) is 0 Å². The first-order chi connectivity index (χ1) is 16.5. The Morgan fingerprint density at radius 3 is 2.03 bits per heavy atom. The first kappa shape index (κ1) is 28.1. The second-order valence-electron chi connectivity index (χ2n) is 8.92. The van der Waals surface area contributed by atoms with Crippen molar-refractivity contribution < 1.29 is 17.9 Å². The highest BCUT2D eigenvalue weighted by molar-refractivity contribution is 7.90. The van der Waals surface area contributed by atoms with Crippen LogP contribution in [0.3, 0.4) is 0 Å². The summed E-state index contributed by atoms with van der Waals surface area (Å²) in [4.78, 5) is 16.6. The molecule has 0 unspecified atom stereocenters. The van der Waals surface area contributed by atoms with Gasteiger partial charge in [-0.15, -0.1) is 0 Å². The van der Waals surface area contributed by atoms with Crippen molar-refractivity contribution in [2.75, 3.05) is 6.61 Å². The van der Waals surface area contributed by atoms with E-state index >= 15 is 0 Å². The summed E-state index contributed by atoms with van der Waals surface area (Å²) >= 11 is 0. The maximum absolute atomic E-state index is 12.9. The van der Waals surface area contributed by atoms with E-state index in [9.17, 15) is 13.2 Å². The van der Waals surface area contributed by atoms with Crippen LogP contribution in [0, 0.1) is 0 Å². The Bertz CT molecular complexity index is 976. The Morgan fingerprint density at radius 1 is 0.853 bits per heavy atom. The first-order valence-electron chi connectivity index (χ1n) is 13.1. The van der Waals surface area contributed by atoms with Crippen LogP contribution in [0.2, 0.25) is 0 Å². The van der Waals surface area contributed by atoms with Gasteiger partial charge in [-0.05, 0) is 37.6 Å². The highest BCUT2D eigenvalue weighted by atomic mass is 32.2. The summed E-state index contributed by atoms with van der Waals surface area (Å²) in [5.74, 6) is 0.0596. The number of pyridine rings is 1. The fraction of sp³-hybridized carbons (Fsp3) is 0.630. The number of nitrogens with zero attached hydrogens (tertiary/aromatic N) is 1. The zero-order valence-electron chi connectivity index (χ0n) is 21.0. The number of rotatable bonds is 18. The van der Waals surface area contributed by atoms with Crippen molar-refractivity contribution in [3.05, 3.63) is 30.5 Å². The molecule has 2 aromatic rings. The molecule has 1 aromatic heterocycles. The number of ether oxygens (including phenoxy) is 1. The van der Waals surface area contributed by atoms with Crippen LogP contribution in [0.5, 0.6) is 5.75 Å². The van der Waals surface area contributed by atoms with Crippen LogP contribution in [0.25, 0.3) is 10.9 Å². The molecule has 0 aliphatic carbocycles. The van der Waals surface area contributed by atoms with Gasteiger partial charge in [0, 0.05) is 18.0 Å². The Kier molecular flexibility index (Phi) is 13.0. The number of aromatic nitrogens is 1.